The second-order valence-corrected chi connectivity index (χ2v) is 32.8. The summed E-state index contributed by atoms with van der Waals surface area (Å²) in [6.07, 6.45) is 11.4. The van der Waals surface area contributed by atoms with Gasteiger partial charge in [0.2, 0.25) is 23.6 Å². The quantitative estimate of drug-likeness (QED) is 0.0268. The first-order valence-corrected chi connectivity index (χ1v) is 42.9. The first kappa shape index (κ1) is 90.0. The Morgan fingerprint density at radius 2 is 0.500 bits per heavy atom. The van der Waals surface area contributed by atoms with Crippen molar-refractivity contribution in [3.05, 3.63) is 202 Å². The maximum absolute atomic E-state index is 14.2. The lowest BCUT2D eigenvalue weighted by molar-refractivity contribution is -0.148. The summed E-state index contributed by atoms with van der Waals surface area (Å²) in [4.78, 5) is 167. The highest BCUT2D eigenvalue weighted by Gasteiger charge is 2.44. The molecule has 6 aliphatic heterocycles. The van der Waals surface area contributed by atoms with E-state index in [4.69, 9.17) is 18.9 Å². The van der Waals surface area contributed by atoms with Gasteiger partial charge in [0.15, 0.2) is 23.1 Å². The van der Waals surface area contributed by atoms with Crippen molar-refractivity contribution in [2.24, 2.45) is 23.7 Å². The zero-order valence-electron chi connectivity index (χ0n) is 70.6. The SMILES string of the molecule is CC[C@H](CC(=O)OC)C(=O)N1CCC[C@H]1C(=O)Cc1ccc([C@@H]2CC[C@@H](c3ccc(CC(=O)[C@@H]4CCCN4C(=O)[C@H](CC)CC(=O)OC)cc3)N2c2ccc(F)cc2)cc1.CC[C@H](CC(=O)OC)C(=O)N1CCC[C@H]1C(=O)Cc1ccc([C@H]2CC[C@H](c3ccc(CC(=O)[C@@H]4CCCN4C(=O)[C@H](CC)CC(=O)OC)cc3)N2c2ccc(F)cc2)cc1. The molecule has 0 aliphatic carbocycles. The first-order valence-electron chi connectivity index (χ1n) is 42.9. The molecular formula is C96H116F2N6O16. The van der Waals surface area contributed by atoms with Crippen LogP contribution in [0.2, 0.25) is 0 Å². The van der Waals surface area contributed by atoms with Crippen molar-refractivity contribution in [3.63, 3.8) is 0 Å². The minimum atomic E-state index is -0.516. The van der Waals surface area contributed by atoms with Crippen molar-refractivity contribution in [1.29, 1.82) is 0 Å². The van der Waals surface area contributed by atoms with Crippen LogP contribution in [0.4, 0.5) is 20.2 Å². The molecule has 0 saturated carbocycles. The van der Waals surface area contributed by atoms with Gasteiger partial charge in [0.1, 0.15) is 11.6 Å². The number of rotatable bonds is 34. The lowest BCUT2D eigenvalue weighted by Gasteiger charge is -2.33. The van der Waals surface area contributed by atoms with E-state index in [0.29, 0.717) is 77.5 Å². The number of esters is 4. The van der Waals surface area contributed by atoms with Crippen LogP contribution in [-0.4, -0.2) is 169 Å². The molecule has 0 aromatic heterocycles. The van der Waals surface area contributed by atoms with Crippen molar-refractivity contribution in [3.8, 4) is 0 Å². The molecule has 0 unspecified atom stereocenters. The molecule has 6 aromatic carbocycles. The molecule has 6 saturated heterocycles. The summed E-state index contributed by atoms with van der Waals surface area (Å²) in [5.41, 5.74) is 9.46. The van der Waals surface area contributed by atoms with Crippen LogP contribution < -0.4 is 9.80 Å². The van der Waals surface area contributed by atoms with Crippen molar-refractivity contribution in [1.82, 2.24) is 19.6 Å². The molecular weight excluding hydrogens is 1530 g/mol. The van der Waals surface area contributed by atoms with Gasteiger partial charge in [0.25, 0.3) is 0 Å². The van der Waals surface area contributed by atoms with E-state index >= 15 is 0 Å². The Kier molecular flexibility index (Phi) is 31.8. The van der Waals surface area contributed by atoms with Crippen molar-refractivity contribution in [2.75, 3.05) is 64.4 Å². The van der Waals surface area contributed by atoms with Gasteiger partial charge < -0.3 is 48.3 Å². The van der Waals surface area contributed by atoms with Gasteiger partial charge in [-0.05, 0) is 196 Å². The third-order valence-electron chi connectivity index (χ3n) is 25.6. The lowest BCUT2D eigenvalue weighted by Crippen LogP contribution is -2.44. The Morgan fingerprint density at radius 3 is 0.683 bits per heavy atom. The smallest absolute Gasteiger partial charge is 0.306 e. The summed E-state index contributed by atoms with van der Waals surface area (Å²) in [7, 11) is 5.23. The van der Waals surface area contributed by atoms with Crippen LogP contribution in [0.1, 0.15) is 225 Å². The molecule has 22 nitrogen and oxygen atoms in total. The van der Waals surface area contributed by atoms with Gasteiger partial charge in [-0.1, -0.05) is 125 Å². The van der Waals surface area contributed by atoms with E-state index in [1.165, 1.54) is 52.7 Å². The number of anilines is 2. The van der Waals surface area contributed by atoms with Crippen LogP contribution in [0.15, 0.2) is 146 Å². The minimum Gasteiger partial charge on any atom is -0.469 e. The largest absolute Gasteiger partial charge is 0.469 e. The molecule has 6 fully saturated rings. The number of methoxy groups -OCH3 is 4. The fourth-order valence-corrected chi connectivity index (χ4v) is 18.7. The molecule has 0 spiro atoms. The third-order valence-corrected chi connectivity index (χ3v) is 25.6. The third kappa shape index (κ3) is 21.9. The van der Waals surface area contributed by atoms with Gasteiger partial charge in [-0.3, -0.25) is 57.5 Å². The van der Waals surface area contributed by atoms with Gasteiger partial charge in [-0.25, -0.2) is 8.78 Å². The van der Waals surface area contributed by atoms with Crippen molar-refractivity contribution in [2.45, 2.75) is 230 Å². The molecule has 24 heteroatoms. The predicted molar refractivity (Wildman–Crippen MR) is 448 cm³/mol. The van der Waals surface area contributed by atoms with Crippen LogP contribution in [0.3, 0.4) is 0 Å². The molecule has 12 rings (SSSR count). The monoisotopic (exact) mass is 1650 g/mol. The molecule has 640 valence electrons. The normalized spacial score (nSPS) is 21.1. The van der Waals surface area contributed by atoms with Gasteiger partial charge in [0, 0.05) is 86.9 Å². The topological polar surface area (TPSA) is 261 Å². The number of hydrogen-bond donors (Lipinski definition) is 0. The fraction of sp³-hybridized carbons (Fsp3) is 0.500. The van der Waals surface area contributed by atoms with Gasteiger partial charge in [-0.2, -0.15) is 0 Å². The highest BCUT2D eigenvalue weighted by molar-refractivity contribution is 5.96. The lowest BCUT2D eigenvalue weighted by atomic mass is 9.96. The summed E-state index contributed by atoms with van der Waals surface area (Å²) in [5.74, 6) is -5.19. The molecule has 6 heterocycles. The maximum atomic E-state index is 14.2. The van der Waals surface area contributed by atoms with Crippen molar-refractivity contribution < 1.29 is 85.3 Å². The molecule has 0 bridgehead atoms. The highest BCUT2D eigenvalue weighted by atomic mass is 19.1. The Labute approximate surface area is 703 Å². The van der Waals surface area contributed by atoms with Gasteiger partial charge in [-0.15, -0.1) is 0 Å². The number of hydrogen-bond acceptors (Lipinski definition) is 18. The standard InChI is InChI=1S/2C48H58FN3O8/c2*1-5-33(29-45(55)59-3)47(57)50-25-7-9-41(50)43(53)27-31-11-15-35(16-12-31)39-23-24-40(52(39)38-21-19-37(49)20-22-38)36-17-13-32(14-18-36)28-44(54)42-10-8-26-51(42)48(58)34(6-2)30-46(56)60-4/h2*11-22,33-34,39-42H,5-10,23-30H2,1-4H3/t33-,34-,39+,40+,41+,42+;33-,34-,39-,40-,41+,42+/m11/s1. The Balaban J connectivity index is 0.000000235. The molecule has 6 aromatic rings. The molecule has 0 radical (unpaired) electrons. The van der Waals surface area contributed by atoms with E-state index in [1.807, 2.05) is 76.2 Å². The number of nitrogens with zero attached hydrogens (tertiary/aromatic N) is 6. The molecule has 120 heavy (non-hydrogen) atoms. The molecule has 0 N–H and O–H groups in total. The number of benzene rings is 6. The van der Waals surface area contributed by atoms with E-state index in [1.54, 1.807) is 43.9 Å². The van der Waals surface area contributed by atoms with E-state index in [2.05, 4.69) is 58.3 Å². The summed E-state index contributed by atoms with van der Waals surface area (Å²) in [6.45, 7) is 9.44. The summed E-state index contributed by atoms with van der Waals surface area (Å²) >= 11 is 0. The fourth-order valence-electron chi connectivity index (χ4n) is 18.7. The minimum absolute atomic E-state index is 0.000329. The number of carbonyl (C=O) groups is 12. The number of halogens is 2. The number of carbonyl (C=O) groups excluding carboxylic acids is 12. The molecule has 6 aliphatic rings. The number of ether oxygens (including phenoxy) is 4. The first-order chi connectivity index (χ1) is 57.9. The number of Topliss-reactive ketones (excluding diaryl/α,β-unsaturated/α-hetero) is 4. The van der Waals surface area contributed by atoms with E-state index in [0.717, 1.165) is 107 Å². The summed E-state index contributed by atoms with van der Waals surface area (Å²) in [6, 6.07) is 43.1. The number of likely N-dealkylation sites (tertiary alicyclic amines) is 4. The Hall–Kier alpha value is -10.8. The maximum Gasteiger partial charge on any atom is 0.306 e. The van der Waals surface area contributed by atoms with Crippen molar-refractivity contribution >= 4 is 82.0 Å². The van der Waals surface area contributed by atoms with Crippen LogP contribution >= 0.6 is 0 Å². The van der Waals surface area contributed by atoms with Crippen LogP contribution in [-0.2, 0) is 102 Å². The number of amides is 4. The highest BCUT2D eigenvalue weighted by Crippen LogP contribution is 2.49. The second-order valence-electron chi connectivity index (χ2n) is 32.8. The second kappa shape index (κ2) is 42.4. The molecule has 4 amide bonds. The van der Waals surface area contributed by atoms with Crippen LogP contribution in [0, 0.1) is 35.3 Å². The zero-order valence-corrected chi connectivity index (χ0v) is 70.6. The molecule has 12 atom stereocenters. The van der Waals surface area contributed by atoms with Gasteiger partial charge >= 0.3 is 23.9 Å². The average Bonchev–Trinajstić information content (AvgIpc) is 1.61. The Morgan fingerprint density at radius 1 is 0.300 bits per heavy atom. The Bertz CT molecular complexity index is 4050. The van der Waals surface area contributed by atoms with E-state index in [9.17, 15) is 66.3 Å². The summed E-state index contributed by atoms with van der Waals surface area (Å²) in [5, 5.41) is 0. The van der Waals surface area contributed by atoms with Crippen LogP contribution in [0.25, 0.3) is 0 Å². The van der Waals surface area contributed by atoms with Gasteiger partial charge in [0.05, 0.1) is 102 Å². The van der Waals surface area contributed by atoms with E-state index < -0.39 is 71.7 Å². The average molecular weight is 1650 g/mol. The predicted octanol–water partition coefficient (Wildman–Crippen LogP) is 14.6. The zero-order chi connectivity index (χ0) is 85.8. The number of ketones is 4. The van der Waals surface area contributed by atoms with E-state index in [-0.39, 0.29) is 134 Å². The summed E-state index contributed by atoms with van der Waals surface area (Å²) < 4.78 is 47.5. The van der Waals surface area contributed by atoms with Crippen LogP contribution in [0.5, 0.6) is 0 Å².